The molecule has 1 fully saturated rings. The van der Waals surface area contributed by atoms with Gasteiger partial charge in [-0.2, -0.15) is 0 Å². The Kier molecular flexibility index (Phi) is 11.6. The molecule has 5 atom stereocenters. The van der Waals surface area contributed by atoms with Crippen LogP contribution < -0.4 is 16.1 Å². The molecular formula is C22H29Cl2N3O11. The van der Waals surface area contributed by atoms with Crippen molar-refractivity contribution in [2.45, 2.75) is 58.3 Å². The summed E-state index contributed by atoms with van der Waals surface area (Å²) in [5.41, 5.74) is -1.71. The fourth-order valence-corrected chi connectivity index (χ4v) is 4.28. The highest BCUT2D eigenvalue weighted by Crippen LogP contribution is 2.34. The number of aromatic nitrogens is 2. The molecule has 0 bridgehead atoms. The Morgan fingerprint density at radius 3 is 1.92 bits per heavy atom. The second-order valence-electron chi connectivity index (χ2n) is 8.14. The molecule has 0 radical (unpaired) electrons. The summed E-state index contributed by atoms with van der Waals surface area (Å²) < 4.78 is 28.0. The van der Waals surface area contributed by atoms with Gasteiger partial charge in [0, 0.05) is 58.7 Å². The molecule has 2 unspecified atom stereocenters. The summed E-state index contributed by atoms with van der Waals surface area (Å²) in [7, 11) is 0. The standard InChI is InChI=1S/C22H29Cl2N3O11/c1-11(28)34-10-16-17(35-12(2)29)18(36-13(3)30)19(37-14(4)31)21(38-16)27-9-15(20(32)25-22(27)33)26(7-5-23)8-6-24/h9,16-19,21H,5-8,10H2,1-4H3,(H,25,32,33)/t16?,17-,18?,19+,21-/m1/s1. The first-order valence-electron chi connectivity index (χ1n) is 11.4. The Morgan fingerprint density at radius 2 is 1.42 bits per heavy atom. The van der Waals surface area contributed by atoms with Gasteiger partial charge in [-0.25, -0.2) is 4.79 Å². The van der Waals surface area contributed by atoms with Crippen molar-refractivity contribution < 1.29 is 42.9 Å². The van der Waals surface area contributed by atoms with Gasteiger partial charge in [-0.05, 0) is 0 Å². The summed E-state index contributed by atoms with van der Waals surface area (Å²) in [4.78, 5) is 76.8. The maximum absolute atomic E-state index is 13.0. The van der Waals surface area contributed by atoms with Crippen LogP contribution in [0.2, 0.25) is 0 Å². The number of aromatic amines is 1. The average Bonchev–Trinajstić information content (AvgIpc) is 2.80. The van der Waals surface area contributed by atoms with Crippen LogP contribution in [-0.2, 0) is 42.9 Å². The van der Waals surface area contributed by atoms with Crippen LogP contribution in [-0.4, -0.2) is 89.3 Å². The van der Waals surface area contributed by atoms with Crippen molar-refractivity contribution in [1.29, 1.82) is 0 Å². The molecule has 212 valence electrons. The van der Waals surface area contributed by atoms with Gasteiger partial charge in [0.25, 0.3) is 5.56 Å². The summed E-state index contributed by atoms with van der Waals surface area (Å²) in [5.74, 6) is -2.90. The van der Waals surface area contributed by atoms with E-state index in [0.29, 0.717) is 0 Å². The number of nitrogens with one attached hydrogen (secondary N) is 1. The summed E-state index contributed by atoms with van der Waals surface area (Å²) in [6.45, 7) is 4.28. The van der Waals surface area contributed by atoms with E-state index in [1.54, 1.807) is 0 Å². The molecule has 38 heavy (non-hydrogen) atoms. The average molecular weight is 582 g/mol. The number of nitrogens with zero attached hydrogens (tertiary/aromatic N) is 2. The number of ether oxygens (including phenoxy) is 5. The molecule has 1 aliphatic heterocycles. The summed E-state index contributed by atoms with van der Waals surface area (Å²) in [6, 6.07) is 0. The molecule has 1 saturated heterocycles. The van der Waals surface area contributed by atoms with Crippen molar-refractivity contribution in [1.82, 2.24) is 9.55 Å². The second-order valence-corrected chi connectivity index (χ2v) is 8.89. The molecule has 1 aliphatic rings. The first kappa shape index (κ1) is 31.1. The summed E-state index contributed by atoms with van der Waals surface area (Å²) in [6.07, 6.45) is -6.11. The minimum atomic E-state index is -1.54. The lowest BCUT2D eigenvalue weighted by Crippen LogP contribution is -2.61. The summed E-state index contributed by atoms with van der Waals surface area (Å²) in [5, 5.41) is 0. The maximum atomic E-state index is 13.0. The molecule has 0 aliphatic carbocycles. The Labute approximate surface area is 227 Å². The van der Waals surface area contributed by atoms with Crippen molar-refractivity contribution in [2.24, 2.45) is 0 Å². The van der Waals surface area contributed by atoms with E-state index in [2.05, 4.69) is 4.98 Å². The van der Waals surface area contributed by atoms with Gasteiger partial charge in [-0.1, -0.05) is 0 Å². The van der Waals surface area contributed by atoms with Gasteiger partial charge in [0.15, 0.2) is 24.5 Å². The number of rotatable bonds is 11. The first-order valence-corrected chi connectivity index (χ1v) is 12.5. The molecule has 0 aromatic carbocycles. The van der Waals surface area contributed by atoms with Crippen LogP contribution in [0.3, 0.4) is 0 Å². The molecule has 1 aromatic rings. The highest BCUT2D eigenvalue weighted by molar-refractivity contribution is 6.18. The van der Waals surface area contributed by atoms with Crippen LogP contribution in [0.5, 0.6) is 0 Å². The zero-order valence-electron chi connectivity index (χ0n) is 21.1. The molecule has 1 aromatic heterocycles. The van der Waals surface area contributed by atoms with Crippen LogP contribution in [0.4, 0.5) is 5.69 Å². The zero-order chi connectivity index (χ0) is 28.6. The molecule has 0 spiro atoms. The number of carbonyl (C=O) groups excluding carboxylic acids is 4. The highest BCUT2D eigenvalue weighted by Gasteiger charge is 2.53. The largest absolute Gasteiger partial charge is 0.463 e. The molecule has 2 heterocycles. The van der Waals surface area contributed by atoms with Crippen molar-refractivity contribution in [3.63, 3.8) is 0 Å². The number of H-pyrrole nitrogens is 1. The SMILES string of the molecule is CC(=O)OCC1O[C@@H](n2cc(N(CCCl)CCCl)c(=O)[nH]c2=O)[C@@H](OC(C)=O)C(OC(C)=O)[C@@H]1OC(C)=O. The number of anilines is 1. The monoisotopic (exact) mass is 581 g/mol. The van der Waals surface area contributed by atoms with Crippen LogP contribution in [0, 0.1) is 0 Å². The first-order chi connectivity index (χ1) is 17.9. The molecule has 2 rings (SSSR count). The minimum absolute atomic E-state index is 0.00115. The Hall–Kier alpha value is -3.10. The van der Waals surface area contributed by atoms with E-state index in [4.69, 9.17) is 46.9 Å². The van der Waals surface area contributed by atoms with E-state index in [0.717, 1.165) is 38.5 Å². The van der Waals surface area contributed by atoms with E-state index in [1.807, 2.05) is 0 Å². The quantitative estimate of drug-likeness (QED) is 0.212. The normalized spacial score (nSPS) is 22.7. The molecule has 1 N–H and O–H groups in total. The minimum Gasteiger partial charge on any atom is -0.463 e. The van der Waals surface area contributed by atoms with Gasteiger partial charge in [0.05, 0.1) is 0 Å². The third-order valence-electron chi connectivity index (χ3n) is 5.24. The van der Waals surface area contributed by atoms with Gasteiger partial charge in [-0.15, -0.1) is 23.2 Å². The number of esters is 4. The van der Waals surface area contributed by atoms with Crippen LogP contribution in [0.25, 0.3) is 0 Å². The Bertz CT molecular complexity index is 1130. The van der Waals surface area contributed by atoms with Crippen molar-refractivity contribution in [3.05, 3.63) is 27.0 Å². The predicted octanol–water partition coefficient (Wildman–Crippen LogP) is 0.0762. The van der Waals surface area contributed by atoms with Gasteiger partial charge < -0.3 is 28.6 Å². The third kappa shape index (κ3) is 8.20. The zero-order valence-corrected chi connectivity index (χ0v) is 22.7. The van der Waals surface area contributed by atoms with Crippen LogP contribution in [0.15, 0.2) is 15.8 Å². The lowest BCUT2D eigenvalue weighted by Gasteiger charge is -2.44. The van der Waals surface area contributed by atoms with Crippen LogP contribution >= 0.6 is 23.2 Å². The van der Waals surface area contributed by atoms with Gasteiger partial charge >= 0.3 is 29.6 Å². The van der Waals surface area contributed by atoms with E-state index in [1.165, 1.54) is 4.90 Å². The topological polar surface area (TPSA) is 173 Å². The molecule has 16 heteroatoms. The van der Waals surface area contributed by atoms with Gasteiger partial charge in [0.2, 0.25) is 0 Å². The molecular weight excluding hydrogens is 553 g/mol. The lowest BCUT2D eigenvalue weighted by atomic mass is 9.97. The summed E-state index contributed by atoms with van der Waals surface area (Å²) >= 11 is 11.7. The van der Waals surface area contributed by atoms with Gasteiger partial charge in [-0.3, -0.25) is 33.5 Å². The number of halogens is 2. The van der Waals surface area contributed by atoms with Crippen molar-refractivity contribution in [2.75, 3.05) is 36.4 Å². The number of hydrogen-bond acceptors (Lipinski definition) is 12. The van der Waals surface area contributed by atoms with E-state index >= 15 is 0 Å². The van der Waals surface area contributed by atoms with Crippen LogP contribution in [0.1, 0.15) is 33.9 Å². The highest BCUT2D eigenvalue weighted by atomic mass is 35.5. The Morgan fingerprint density at radius 1 is 0.895 bits per heavy atom. The lowest BCUT2D eigenvalue weighted by molar-refractivity contribution is -0.269. The van der Waals surface area contributed by atoms with E-state index in [9.17, 15) is 28.8 Å². The smallest absolute Gasteiger partial charge is 0.330 e. The van der Waals surface area contributed by atoms with Gasteiger partial charge in [0.1, 0.15) is 18.4 Å². The fraction of sp³-hybridized carbons (Fsp3) is 0.636. The third-order valence-corrected chi connectivity index (χ3v) is 5.58. The number of hydrogen-bond donors (Lipinski definition) is 1. The second kappa shape index (κ2) is 14.2. The maximum Gasteiger partial charge on any atom is 0.330 e. The van der Waals surface area contributed by atoms with Crippen molar-refractivity contribution in [3.8, 4) is 0 Å². The fourth-order valence-electron chi connectivity index (χ4n) is 3.88. The molecule has 14 nitrogen and oxygen atoms in total. The van der Waals surface area contributed by atoms with Crippen molar-refractivity contribution >= 4 is 52.8 Å². The number of alkyl halides is 2. The molecule has 0 amide bonds. The van der Waals surface area contributed by atoms with E-state index < -0.39 is 72.4 Å². The predicted molar refractivity (Wildman–Crippen MR) is 132 cm³/mol. The Balaban J connectivity index is 2.73. The number of carbonyl (C=O) groups is 4. The molecule has 0 saturated carbocycles. The van der Waals surface area contributed by atoms with E-state index in [-0.39, 0.29) is 30.5 Å².